The van der Waals surface area contributed by atoms with Crippen LogP contribution < -0.4 is 15.8 Å². The molecule has 1 aromatic carbocycles. The van der Waals surface area contributed by atoms with E-state index in [0.717, 1.165) is 19.0 Å². The molecule has 1 saturated carbocycles. The van der Waals surface area contributed by atoms with E-state index in [4.69, 9.17) is 22.1 Å². The number of benzene rings is 1. The third-order valence-corrected chi connectivity index (χ3v) is 5.82. The summed E-state index contributed by atoms with van der Waals surface area (Å²) in [6, 6.07) is 3.48. The molecular weight excluding hydrogens is 302 g/mol. The molecular formula is C16H20ClN3O2. The number of anilines is 1. The van der Waals surface area contributed by atoms with E-state index in [1.165, 1.54) is 20.1 Å². The number of rotatable bonds is 3. The quantitative estimate of drug-likeness (QED) is 0.830. The summed E-state index contributed by atoms with van der Waals surface area (Å²) in [7, 11) is 1.53. The van der Waals surface area contributed by atoms with Crippen LogP contribution in [0.25, 0.3) is 0 Å². The van der Waals surface area contributed by atoms with Gasteiger partial charge in [0.15, 0.2) is 0 Å². The number of nitrogens with zero attached hydrogens (tertiary/aromatic N) is 1. The molecule has 118 valence electrons. The van der Waals surface area contributed by atoms with E-state index in [2.05, 4.69) is 10.2 Å². The number of hydrogen-bond donors (Lipinski definition) is 2. The second kappa shape index (κ2) is 5.03. The number of amides is 1. The van der Waals surface area contributed by atoms with Gasteiger partial charge in [0, 0.05) is 31.7 Å². The number of piperidine rings is 2. The fourth-order valence-corrected chi connectivity index (χ4v) is 4.73. The molecule has 4 bridgehead atoms. The second-order valence-corrected chi connectivity index (χ2v) is 7.12. The van der Waals surface area contributed by atoms with Gasteiger partial charge in [-0.1, -0.05) is 11.6 Å². The summed E-state index contributed by atoms with van der Waals surface area (Å²) in [5.74, 6) is 2.28. The minimum absolute atomic E-state index is 0.116. The van der Waals surface area contributed by atoms with Crippen LogP contribution in [0.5, 0.6) is 5.75 Å². The van der Waals surface area contributed by atoms with Gasteiger partial charge in [0.2, 0.25) is 0 Å². The topological polar surface area (TPSA) is 67.6 Å². The molecule has 4 unspecified atom stereocenters. The molecule has 4 fully saturated rings. The van der Waals surface area contributed by atoms with E-state index in [-0.39, 0.29) is 11.9 Å². The van der Waals surface area contributed by atoms with Crippen LogP contribution in [0.15, 0.2) is 12.1 Å². The first-order valence-corrected chi connectivity index (χ1v) is 8.11. The molecule has 5 rings (SSSR count). The fourth-order valence-electron chi connectivity index (χ4n) is 4.57. The Kier molecular flexibility index (Phi) is 3.24. The van der Waals surface area contributed by atoms with E-state index < -0.39 is 0 Å². The van der Waals surface area contributed by atoms with Gasteiger partial charge in [-0.3, -0.25) is 4.79 Å². The molecule has 3 N–H and O–H groups in total. The number of hydrogen-bond acceptors (Lipinski definition) is 4. The Morgan fingerprint density at radius 1 is 1.36 bits per heavy atom. The monoisotopic (exact) mass is 321 g/mol. The molecule has 3 heterocycles. The van der Waals surface area contributed by atoms with Gasteiger partial charge < -0.3 is 20.7 Å². The lowest BCUT2D eigenvalue weighted by molar-refractivity contribution is 0.0875. The van der Waals surface area contributed by atoms with Crippen molar-refractivity contribution in [1.29, 1.82) is 0 Å². The molecule has 5 nitrogen and oxygen atoms in total. The molecule has 0 radical (unpaired) electrons. The lowest BCUT2D eigenvalue weighted by Gasteiger charge is -2.35. The van der Waals surface area contributed by atoms with E-state index in [1.807, 2.05) is 0 Å². The maximum absolute atomic E-state index is 12.7. The molecule has 6 heteroatoms. The molecule has 5 atom stereocenters. The van der Waals surface area contributed by atoms with E-state index in [1.54, 1.807) is 12.1 Å². The first kappa shape index (κ1) is 14.2. The maximum atomic E-state index is 12.7. The lowest BCUT2D eigenvalue weighted by atomic mass is 9.93. The zero-order chi connectivity index (χ0) is 15.4. The van der Waals surface area contributed by atoms with E-state index in [0.29, 0.717) is 33.9 Å². The van der Waals surface area contributed by atoms with Crippen LogP contribution in [0.2, 0.25) is 5.02 Å². The molecule has 3 aliphatic heterocycles. The Morgan fingerprint density at radius 3 is 2.86 bits per heavy atom. The first-order valence-electron chi connectivity index (χ1n) is 7.73. The van der Waals surface area contributed by atoms with Gasteiger partial charge in [-0.2, -0.15) is 0 Å². The Hall–Kier alpha value is -1.46. The third-order valence-electron chi connectivity index (χ3n) is 5.50. The van der Waals surface area contributed by atoms with Gasteiger partial charge in [-0.05, 0) is 30.2 Å². The van der Waals surface area contributed by atoms with Crippen LogP contribution in [0.1, 0.15) is 16.8 Å². The second-order valence-electron chi connectivity index (χ2n) is 6.71. The molecule has 4 aliphatic rings. The fraction of sp³-hybridized carbons (Fsp3) is 0.562. The van der Waals surface area contributed by atoms with Crippen molar-refractivity contribution in [1.82, 2.24) is 10.2 Å². The standard InChI is InChI=1S/C16H20ClN3O2/c1-22-14-4-13(18)12(17)3-10(14)16(21)19-15-9-2-8-5-20(6-9)7-11(8)15/h3-4,8-9,11,15H,2,5-7,18H2,1H3,(H,19,21)/t8?,9?,11?,15-/m0/s1. The summed E-state index contributed by atoms with van der Waals surface area (Å²) in [6.07, 6.45) is 1.24. The number of ether oxygens (including phenoxy) is 1. The van der Waals surface area contributed by atoms with Crippen LogP contribution in [0.3, 0.4) is 0 Å². The van der Waals surface area contributed by atoms with Gasteiger partial charge >= 0.3 is 0 Å². The van der Waals surface area contributed by atoms with Gasteiger partial charge in [0.1, 0.15) is 5.75 Å². The van der Waals surface area contributed by atoms with Crippen molar-refractivity contribution in [2.75, 3.05) is 32.5 Å². The van der Waals surface area contributed by atoms with Crippen molar-refractivity contribution < 1.29 is 9.53 Å². The molecule has 22 heavy (non-hydrogen) atoms. The number of methoxy groups -OCH3 is 1. The molecule has 0 aromatic heterocycles. The van der Waals surface area contributed by atoms with Gasteiger partial charge in [0.05, 0.1) is 23.4 Å². The van der Waals surface area contributed by atoms with Gasteiger partial charge in [-0.15, -0.1) is 0 Å². The van der Waals surface area contributed by atoms with Crippen LogP contribution in [-0.4, -0.2) is 43.6 Å². The van der Waals surface area contributed by atoms with Crippen LogP contribution >= 0.6 is 11.6 Å². The van der Waals surface area contributed by atoms with Crippen molar-refractivity contribution in [3.05, 3.63) is 22.7 Å². The molecule has 1 aromatic rings. The van der Waals surface area contributed by atoms with Crippen molar-refractivity contribution in [3.63, 3.8) is 0 Å². The summed E-state index contributed by atoms with van der Waals surface area (Å²) < 4.78 is 5.28. The van der Waals surface area contributed by atoms with E-state index >= 15 is 0 Å². The van der Waals surface area contributed by atoms with Crippen molar-refractivity contribution >= 4 is 23.2 Å². The first-order chi connectivity index (χ1) is 10.6. The largest absolute Gasteiger partial charge is 0.496 e. The maximum Gasteiger partial charge on any atom is 0.255 e. The average molecular weight is 322 g/mol. The summed E-state index contributed by atoms with van der Waals surface area (Å²) in [4.78, 5) is 15.2. The Bertz CT molecular complexity index is 632. The normalized spacial score (nSPS) is 34.9. The molecule has 0 spiro atoms. The highest BCUT2D eigenvalue weighted by Crippen LogP contribution is 2.47. The van der Waals surface area contributed by atoms with Gasteiger partial charge in [0.25, 0.3) is 5.91 Å². The Balaban J connectivity index is 1.57. The SMILES string of the molecule is COc1cc(N)c(Cl)cc1C(=O)N[C@H]1C2CC3CN(C2)CC31. The highest BCUT2D eigenvalue weighted by Gasteiger charge is 2.53. The summed E-state index contributed by atoms with van der Waals surface area (Å²) in [5.41, 5.74) is 6.65. The summed E-state index contributed by atoms with van der Waals surface area (Å²) in [6.45, 7) is 3.42. The summed E-state index contributed by atoms with van der Waals surface area (Å²) in [5, 5.41) is 3.61. The minimum Gasteiger partial charge on any atom is -0.496 e. The number of halogens is 1. The third kappa shape index (κ3) is 2.07. The van der Waals surface area contributed by atoms with Crippen molar-refractivity contribution in [2.24, 2.45) is 17.8 Å². The molecule has 3 saturated heterocycles. The van der Waals surface area contributed by atoms with Crippen LogP contribution in [0.4, 0.5) is 5.69 Å². The highest BCUT2D eigenvalue weighted by molar-refractivity contribution is 6.33. The number of nitrogen functional groups attached to an aromatic ring is 1. The highest BCUT2D eigenvalue weighted by atomic mass is 35.5. The Morgan fingerprint density at radius 2 is 2.14 bits per heavy atom. The average Bonchev–Trinajstić information content (AvgIpc) is 2.91. The van der Waals surface area contributed by atoms with Crippen LogP contribution in [-0.2, 0) is 0 Å². The zero-order valence-electron chi connectivity index (χ0n) is 12.5. The number of carbonyl (C=O) groups is 1. The van der Waals surface area contributed by atoms with Crippen molar-refractivity contribution in [2.45, 2.75) is 12.5 Å². The number of carbonyl (C=O) groups excluding carboxylic acids is 1. The lowest BCUT2D eigenvalue weighted by Crippen LogP contribution is -2.50. The van der Waals surface area contributed by atoms with Crippen LogP contribution in [0, 0.1) is 17.8 Å². The Labute approximate surface area is 134 Å². The van der Waals surface area contributed by atoms with Gasteiger partial charge in [-0.25, -0.2) is 0 Å². The molecule has 1 amide bonds. The zero-order valence-corrected chi connectivity index (χ0v) is 13.3. The minimum atomic E-state index is -0.116. The number of nitrogens with one attached hydrogen (secondary N) is 1. The van der Waals surface area contributed by atoms with E-state index in [9.17, 15) is 4.79 Å². The van der Waals surface area contributed by atoms with Crippen molar-refractivity contribution in [3.8, 4) is 5.75 Å². The summed E-state index contributed by atoms with van der Waals surface area (Å²) >= 11 is 6.06. The predicted molar refractivity (Wildman–Crippen MR) is 85.2 cm³/mol. The number of nitrogens with two attached hydrogens (primary N) is 1. The smallest absolute Gasteiger partial charge is 0.255 e. The molecule has 1 aliphatic carbocycles. The predicted octanol–water partition coefficient (Wildman–Crippen LogP) is 1.61.